The summed E-state index contributed by atoms with van der Waals surface area (Å²) in [6, 6.07) is 3.35. The molecule has 1 amide bonds. The number of fused-ring (bicyclic) bond motifs is 2. The Morgan fingerprint density at radius 2 is 2.15 bits per heavy atom. The summed E-state index contributed by atoms with van der Waals surface area (Å²) in [6.07, 6.45) is 3.98. The van der Waals surface area contributed by atoms with Gasteiger partial charge >= 0.3 is 6.18 Å². The van der Waals surface area contributed by atoms with Crippen LogP contribution >= 0.6 is 0 Å². The predicted molar refractivity (Wildman–Crippen MR) is 132 cm³/mol. The lowest BCUT2D eigenvalue weighted by atomic mass is 10.1. The highest BCUT2D eigenvalue weighted by Crippen LogP contribution is 2.31. The Kier molecular flexibility index (Phi) is 6.92. The second-order valence-corrected chi connectivity index (χ2v) is 8.63. The lowest BCUT2D eigenvalue weighted by Gasteiger charge is -2.23. The van der Waals surface area contributed by atoms with Gasteiger partial charge in [0, 0.05) is 23.7 Å². The lowest BCUT2D eigenvalue weighted by molar-refractivity contribution is -0.137. The molecule has 0 radical (unpaired) electrons. The average Bonchev–Trinajstić information content (AvgIpc) is 3.54. The highest BCUT2D eigenvalue weighted by Gasteiger charge is 2.31. The van der Waals surface area contributed by atoms with Crippen molar-refractivity contribution in [1.82, 2.24) is 45.3 Å². The molecule has 4 aromatic rings. The number of amides is 1. The zero-order chi connectivity index (χ0) is 27.6. The van der Waals surface area contributed by atoms with E-state index >= 15 is 0 Å². The Morgan fingerprint density at radius 3 is 2.90 bits per heavy atom. The number of aromatic amines is 1. The third-order valence-corrected chi connectivity index (χ3v) is 5.97. The maximum Gasteiger partial charge on any atom is 0.416 e. The fourth-order valence-electron chi connectivity index (χ4n) is 4.08. The van der Waals surface area contributed by atoms with Crippen molar-refractivity contribution < 1.29 is 22.7 Å². The van der Waals surface area contributed by atoms with Gasteiger partial charge < -0.3 is 9.64 Å². The van der Waals surface area contributed by atoms with E-state index in [0.717, 1.165) is 17.7 Å². The summed E-state index contributed by atoms with van der Waals surface area (Å²) in [5.41, 5.74) is 1.14. The monoisotopic (exact) mass is 537 g/mol. The van der Waals surface area contributed by atoms with Gasteiger partial charge in [-0.05, 0) is 47.2 Å². The topological polar surface area (TPSA) is 128 Å². The van der Waals surface area contributed by atoms with Crippen molar-refractivity contribution in [1.29, 1.82) is 0 Å². The number of ether oxygens (including phenoxy) is 1. The average molecular weight is 538 g/mol. The minimum Gasteiger partial charge on any atom is -0.488 e. The number of tetrazole rings is 1. The van der Waals surface area contributed by atoms with Gasteiger partial charge in [-0.25, -0.2) is 15.1 Å². The molecule has 11 nitrogen and oxygen atoms in total. The number of hydrogen-bond acceptors (Lipinski definition) is 8. The number of rotatable bonds is 7. The number of carbonyl (C=O) groups excluding carboxylic acids is 1. The largest absolute Gasteiger partial charge is 0.488 e. The number of halogens is 3. The van der Waals surface area contributed by atoms with Crippen LogP contribution in [0.2, 0.25) is 0 Å². The standard InChI is InChI=1S/C25H22F3N9O2/c1-3-4-19(15(2)5-8-21-29-12-16-11-17(25(26,27)28)6-7-18(16)30-21)37-9-10-39-20-13-36(33-23(20)24(37)38)14-22-31-34-35-32-22/h3-7,11-13H,1,8-10,14H2,2H3,(H,31,32,34,35)/b15-5-,19-4+. The number of allylic oxidation sites excluding steroid dienone is 4. The van der Waals surface area contributed by atoms with Crippen molar-refractivity contribution in [3.8, 4) is 5.75 Å². The zero-order valence-corrected chi connectivity index (χ0v) is 20.7. The maximum atomic E-state index is 13.5. The summed E-state index contributed by atoms with van der Waals surface area (Å²) in [5.74, 6) is 0.903. The quantitative estimate of drug-likeness (QED) is 0.355. The van der Waals surface area contributed by atoms with Crippen molar-refractivity contribution in [2.24, 2.45) is 0 Å². The van der Waals surface area contributed by atoms with Gasteiger partial charge in [0.1, 0.15) is 19.0 Å². The first kappa shape index (κ1) is 25.8. The van der Waals surface area contributed by atoms with E-state index in [4.69, 9.17) is 4.74 Å². The van der Waals surface area contributed by atoms with Crippen LogP contribution < -0.4 is 4.74 Å². The molecule has 200 valence electrons. The van der Waals surface area contributed by atoms with Gasteiger partial charge in [0.2, 0.25) is 0 Å². The van der Waals surface area contributed by atoms with Crippen LogP contribution in [0.3, 0.4) is 0 Å². The van der Waals surface area contributed by atoms with Crippen molar-refractivity contribution >= 4 is 16.8 Å². The first-order chi connectivity index (χ1) is 18.7. The number of nitrogens with one attached hydrogen (secondary N) is 1. The first-order valence-electron chi connectivity index (χ1n) is 11.8. The molecule has 39 heavy (non-hydrogen) atoms. The van der Waals surface area contributed by atoms with Gasteiger partial charge in [0.05, 0.1) is 23.8 Å². The minimum absolute atomic E-state index is 0.152. The van der Waals surface area contributed by atoms with E-state index in [-0.39, 0.29) is 31.3 Å². The van der Waals surface area contributed by atoms with Crippen LogP contribution in [0.1, 0.15) is 34.6 Å². The summed E-state index contributed by atoms with van der Waals surface area (Å²) >= 11 is 0. The first-order valence-corrected chi connectivity index (χ1v) is 11.8. The molecule has 1 N–H and O–H groups in total. The minimum atomic E-state index is -4.44. The Labute approximate surface area is 219 Å². The molecular weight excluding hydrogens is 515 g/mol. The highest BCUT2D eigenvalue weighted by atomic mass is 19.4. The highest BCUT2D eigenvalue weighted by molar-refractivity contribution is 5.96. The van der Waals surface area contributed by atoms with Crippen LogP contribution in [0, 0.1) is 0 Å². The molecule has 1 aromatic carbocycles. The normalized spacial score (nSPS) is 14.8. The molecule has 4 heterocycles. The van der Waals surface area contributed by atoms with Crippen LogP contribution in [0.5, 0.6) is 5.75 Å². The molecule has 14 heteroatoms. The molecule has 3 aromatic heterocycles. The summed E-state index contributed by atoms with van der Waals surface area (Å²) in [5, 5.41) is 18.2. The van der Waals surface area contributed by atoms with E-state index in [1.807, 2.05) is 13.0 Å². The van der Waals surface area contributed by atoms with Gasteiger partial charge in [-0.2, -0.15) is 18.3 Å². The Hall–Kier alpha value is -4.88. The predicted octanol–water partition coefficient (Wildman–Crippen LogP) is 3.50. The van der Waals surface area contributed by atoms with E-state index in [0.29, 0.717) is 40.4 Å². The Balaban J connectivity index is 1.36. The van der Waals surface area contributed by atoms with Crippen LogP contribution in [0.4, 0.5) is 13.2 Å². The van der Waals surface area contributed by atoms with Crippen molar-refractivity contribution in [2.75, 3.05) is 13.2 Å². The number of carbonyl (C=O) groups is 1. The number of aromatic nitrogens is 8. The molecular formula is C25H22F3N9O2. The van der Waals surface area contributed by atoms with E-state index in [2.05, 4.69) is 42.3 Å². The Morgan fingerprint density at radius 1 is 1.31 bits per heavy atom. The van der Waals surface area contributed by atoms with Crippen LogP contribution in [0.15, 0.2) is 66.7 Å². The van der Waals surface area contributed by atoms with Crippen LogP contribution in [0.25, 0.3) is 10.9 Å². The lowest BCUT2D eigenvalue weighted by Crippen LogP contribution is -2.33. The molecule has 1 aliphatic rings. The molecule has 0 saturated carbocycles. The van der Waals surface area contributed by atoms with E-state index in [9.17, 15) is 18.0 Å². The summed E-state index contributed by atoms with van der Waals surface area (Å²) < 4.78 is 46.3. The van der Waals surface area contributed by atoms with Gasteiger partial charge in [-0.3, -0.25) is 9.48 Å². The fraction of sp³-hybridized carbons (Fsp3) is 0.240. The molecule has 0 fully saturated rings. The van der Waals surface area contributed by atoms with E-state index in [1.54, 1.807) is 23.2 Å². The molecule has 5 rings (SSSR count). The third kappa shape index (κ3) is 5.54. The summed E-state index contributed by atoms with van der Waals surface area (Å²) in [7, 11) is 0. The van der Waals surface area contributed by atoms with Crippen molar-refractivity contribution in [3.05, 3.63) is 89.6 Å². The second-order valence-electron chi connectivity index (χ2n) is 8.63. The maximum absolute atomic E-state index is 13.5. The van der Waals surface area contributed by atoms with Crippen LogP contribution in [-0.4, -0.2) is 64.3 Å². The van der Waals surface area contributed by atoms with Gasteiger partial charge in [0.25, 0.3) is 5.91 Å². The molecule has 0 aliphatic carbocycles. The number of hydrogen-bond donors (Lipinski definition) is 1. The third-order valence-electron chi connectivity index (χ3n) is 5.97. The molecule has 0 atom stereocenters. The van der Waals surface area contributed by atoms with E-state index < -0.39 is 11.7 Å². The SMILES string of the molecule is C=C/C=C(\C(C)=C/Cc1ncc2cc(C(F)(F)F)ccc2n1)N1CCOc2cn(Cc3nnn[nH]3)nc2C1=O. The van der Waals surface area contributed by atoms with Gasteiger partial charge in [-0.1, -0.05) is 18.7 Å². The van der Waals surface area contributed by atoms with Gasteiger partial charge in [-0.15, -0.1) is 5.10 Å². The smallest absolute Gasteiger partial charge is 0.416 e. The van der Waals surface area contributed by atoms with Crippen LogP contribution in [-0.2, 0) is 19.1 Å². The number of H-pyrrole nitrogens is 1. The van der Waals surface area contributed by atoms with Crippen molar-refractivity contribution in [3.63, 3.8) is 0 Å². The second kappa shape index (κ2) is 10.5. The fourth-order valence-corrected chi connectivity index (χ4v) is 4.08. The molecule has 0 bridgehead atoms. The summed E-state index contributed by atoms with van der Waals surface area (Å²) in [4.78, 5) is 23.7. The molecule has 0 unspecified atom stereocenters. The number of alkyl halides is 3. The molecule has 1 aliphatic heterocycles. The van der Waals surface area contributed by atoms with Gasteiger partial charge in [0.15, 0.2) is 17.3 Å². The molecule has 0 saturated heterocycles. The van der Waals surface area contributed by atoms with E-state index in [1.165, 1.54) is 16.9 Å². The number of benzene rings is 1. The number of nitrogens with zero attached hydrogens (tertiary/aromatic N) is 8. The molecule has 0 spiro atoms. The van der Waals surface area contributed by atoms with Crippen molar-refractivity contribution in [2.45, 2.75) is 26.1 Å². The summed E-state index contributed by atoms with van der Waals surface area (Å²) in [6.45, 7) is 6.36. The Bertz CT molecular complexity index is 1590. The zero-order valence-electron chi connectivity index (χ0n) is 20.7.